The molecule has 0 unspecified atom stereocenters. The van der Waals surface area contributed by atoms with Gasteiger partial charge in [0.1, 0.15) is 5.69 Å². The molecule has 1 aromatic heterocycles. The van der Waals surface area contributed by atoms with E-state index >= 15 is 0 Å². The maximum absolute atomic E-state index is 5.56. The van der Waals surface area contributed by atoms with Crippen LogP contribution in [-0.2, 0) is 0 Å². The van der Waals surface area contributed by atoms with Gasteiger partial charge in [-0.2, -0.15) is 4.98 Å². The summed E-state index contributed by atoms with van der Waals surface area (Å²) in [6.07, 6.45) is 3.98. The Kier molecular flexibility index (Phi) is 2.39. The van der Waals surface area contributed by atoms with Crippen molar-refractivity contribution in [3.63, 3.8) is 0 Å². The minimum absolute atomic E-state index is 0.336. The summed E-state index contributed by atoms with van der Waals surface area (Å²) >= 11 is 0. The zero-order chi connectivity index (χ0) is 9.97. The van der Waals surface area contributed by atoms with E-state index in [0.717, 1.165) is 0 Å². The van der Waals surface area contributed by atoms with E-state index in [1.807, 2.05) is 0 Å². The van der Waals surface area contributed by atoms with Gasteiger partial charge in [0.2, 0.25) is 5.88 Å². The normalized spacial score (nSPS) is 15.2. The van der Waals surface area contributed by atoms with Crippen molar-refractivity contribution in [1.82, 2.24) is 9.97 Å². The number of aromatic nitrogens is 2. The Morgan fingerprint density at radius 3 is 3.00 bits per heavy atom. The zero-order valence-corrected chi connectivity index (χ0v) is 8.06. The number of rotatable bonds is 4. The molecule has 0 radical (unpaired) electrons. The first-order chi connectivity index (χ1) is 6.79. The van der Waals surface area contributed by atoms with Crippen LogP contribution >= 0.6 is 0 Å². The maximum atomic E-state index is 5.56. The van der Waals surface area contributed by atoms with E-state index in [2.05, 4.69) is 9.97 Å². The molecule has 0 amide bonds. The first-order valence-corrected chi connectivity index (χ1v) is 4.59. The number of hydrogen-bond acceptors (Lipinski definition) is 5. The number of nitrogens with zero attached hydrogens (tertiary/aromatic N) is 2. The second-order valence-corrected chi connectivity index (χ2v) is 3.37. The van der Waals surface area contributed by atoms with Crippen molar-refractivity contribution >= 4 is 5.69 Å². The van der Waals surface area contributed by atoms with Gasteiger partial charge in [-0.15, -0.1) is 0 Å². The van der Waals surface area contributed by atoms with E-state index in [-0.39, 0.29) is 0 Å². The van der Waals surface area contributed by atoms with Crippen molar-refractivity contribution in [1.29, 1.82) is 0 Å². The van der Waals surface area contributed by atoms with E-state index in [9.17, 15) is 0 Å². The van der Waals surface area contributed by atoms with Crippen LogP contribution in [0, 0.1) is 5.92 Å². The number of nitrogens with two attached hydrogens (primary N) is 1. The Bertz CT molecular complexity index is 326. The lowest BCUT2D eigenvalue weighted by molar-refractivity contribution is 0.270. The predicted molar refractivity (Wildman–Crippen MR) is 51.2 cm³/mol. The summed E-state index contributed by atoms with van der Waals surface area (Å²) in [5.41, 5.74) is 5.99. The van der Waals surface area contributed by atoms with Gasteiger partial charge in [-0.1, -0.05) is 0 Å². The summed E-state index contributed by atoms with van der Waals surface area (Å²) in [6, 6.07) is 0.336. The highest BCUT2D eigenvalue weighted by atomic mass is 16.5. The fourth-order valence-corrected chi connectivity index (χ4v) is 1.07. The van der Waals surface area contributed by atoms with Crippen LogP contribution in [0.25, 0.3) is 0 Å². The quantitative estimate of drug-likeness (QED) is 0.771. The van der Waals surface area contributed by atoms with E-state index in [4.69, 9.17) is 15.2 Å². The second-order valence-electron chi connectivity index (χ2n) is 3.37. The molecule has 1 aliphatic rings. The summed E-state index contributed by atoms with van der Waals surface area (Å²) in [5.74, 6) is 1.05. The molecular weight excluding hydrogens is 182 g/mol. The van der Waals surface area contributed by atoms with Gasteiger partial charge in [0, 0.05) is 0 Å². The molecule has 0 saturated heterocycles. The molecule has 2 N–H and O–H groups in total. The van der Waals surface area contributed by atoms with E-state index < -0.39 is 0 Å². The van der Waals surface area contributed by atoms with Crippen molar-refractivity contribution in [3.8, 4) is 11.9 Å². The minimum atomic E-state index is 0.336. The van der Waals surface area contributed by atoms with Crippen LogP contribution in [0.3, 0.4) is 0 Å². The lowest BCUT2D eigenvalue weighted by Gasteiger charge is -2.05. The number of ether oxygens (including phenoxy) is 2. The van der Waals surface area contributed by atoms with Crippen molar-refractivity contribution in [3.05, 3.63) is 6.20 Å². The van der Waals surface area contributed by atoms with Gasteiger partial charge >= 0.3 is 6.01 Å². The molecular formula is C9H13N3O2. The first-order valence-electron chi connectivity index (χ1n) is 4.59. The van der Waals surface area contributed by atoms with Gasteiger partial charge in [0.15, 0.2) is 0 Å². The molecule has 0 aromatic carbocycles. The Hall–Kier alpha value is -1.52. The standard InChI is InChI=1S/C9H13N3O2/c1-13-8-7(10)4-11-9(12-8)14-5-6-2-3-6/h4,6H,2-3,5,10H2,1H3. The molecule has 0 spiro atoms. The van der Waals surface area contributed by atoms with Crippen LogP contribution in [0.4, 0.5) is 5.69 Å². The Morgan fingerprint density at radius 1 is 1.57 bits per heavy atom. The largest absolute Gasteiger partial charge is 0.479 e. The number of nitrogen functional groups attached to an aromatic ring is 1. The van der Waals surface area contributed by atoms with Gasteiger partial charge in [0.05, 0.1) is 19.9 Å². The lowest BCUT2D eigenvalue weighted by Crippen LogP contribution is -2.04. The Labute approximate surface area is 82.3 Å². The molecule has 2 rings (SSSR count). The summed E-state index contributed by atoms with van der Waals surface area (Å²) in [6.45, 7) is 0.688. The van der Waals surface area contributed by atoms with Crippen LogP contribution < -0.4 is 15.2 Å². The van der Waals surface area contributed by atoms with Gasteiger partial charge in [-0.3, -0.25) is 0 Å². The number of hydrogen-bond donors (Lipinski definition) is 1. The highest BCUT2D eigenvalue weighted by Gasteiger charge is 2.22. The summed E-state index contributed by atoms with van der Waals surface area (Å²) in [4.78, 5) is 7.96. The van der Waals surface area contributed by atoms with E-state index in [1.165, 1.54) is 26.1 Å². The monoisotopic (exact) mass is 195 g/mol. The third-order valence-corrected chi connectivity index (χ3v) is 2.10. The van der Waals surface area contributed by atoms with Crippen molar-refractivity contribution < 1.29 is 9.47 Å². The van der Waals surface area contributed by atoms with Crippen LogP contribution in [0.2, 0.25) is 0 Å². The van der Waals surface area contributed by atoms with Gasteiger partial charge < -0.3 is 15.2 Å². The summed E-state index contributed by atoms with van der Waals surface area (Å²) < 4.78 is 10.3. The molecule has 1 aromatic rings. The third-order valence-electron chi connectivity index (χ3n) is 2.10. The van der Waals surface area contributed by atoms with Crippen molar-refractivity contribution in [2.24, 2.45) is 5.92 Å². The van der Waals surface area contributed by atoms with Crippen molar-refractivity contribution in [2.45, 2.75) is 12.8 Å². The molecule has 1 saturated carbocycles. The van der Waals surface area contributed by atoms with Gasteiger partial charge in [-0.05, 0) is 18.8 Å². The first kappa shape index (κ1) is 9.05. The van der Waals surface area contributed by atoms with Gasteiger partial charge in [-0.25, -0.2) is 4.98 Å². The molecule has 0 atom stereocenters. The van der Waals surface area contributed by atoms with Crippen molar-refractivity contribution in [2.75, 3.05) is 19.5 Å². The molecule has 76 valence electrons. The van der Waals surface area contributed by atoms with Crippen LogP contribution in [0.1, 0.15) is 12.8 Å². The van der Waals surface area contributed by atoms with Crippen LogP contribution in [0.5, 0.6) is 11.9 Å². The van der Waals surface area contributed by atoms with E-state index in [1.54, 1.807) is 0 Å². The smallest absolute Gasteiger partial charge is 0.319 e. The molecule has 0 aliphatic heterocycles. The highest BCUT2D eigenvalue weighted by Crippen LogP contribution is 2.29. The molecule has 5 heteroatoms. The Morgan fingerprint density at radius 2 is 2.36 bits per heavy atom. The molecule has 1 fully saturated rings. The maximum Gasteiger partial charge on any atom is 0.319 e. The SMILES string of the molecule is COc1nc(OCC2CC2)ncc1N. The molecule has 0 bridgehead atoms. The van der Waals surface area contributed by atoms with Crippen LogP contribution in [-0.4, -0.2) is 23.7 Å². The minimum Gasteiger partial charge on any atom is -0.479 e. The second kappa shape index (κ2) is 3.69. The fourth-order valence-electron chi connectivity index (χ4n) is 1.07. The number of methoxy groups -OCH3 is 1. The molecule has 1 aliphatic carbocycles. The van der Waals surface area contributed by atoms with E-state index in [0.29, 0.717) is 30.1 Å². The fraction of sp³-hybridized carbons (Fsp3) is 0.556. The van der Waals surface area contributed by atoms with Gasteiger partial charge in [0.25, 0.3) is 0 Å². The topological polar surface area (TPSA) is 70.3 Å². The molecule has 5 nitrogen and oxygen atoms in total. The summed E-state index contributed by atoms with van der Waals surface area (Å²) in [5, 5.41) is 0. The average Bonchev–Trinajstić information content (AvgIpc) is 3.00. The third kappa shape index (κ3) is 2.04. The summed E-state index contributed by atoms with van der Waals surface area (Å²) in [7, 11) is 1.52. The highest BCUT2D eigenvalue weighted by molar-refractivity contribution is 5.45. The lowest BCUT2D eigenvalue weighted by atomic mass is 10.5. The average molecular weight is 195 g/mol. The van der Waals surface area contributed by atoms with Crippen LogP contribution in [0.15, 0.2) is 6.20 Å². The Balaban J connectivity index is 2.01. The molecule has 1 heterocycles. The predicted octanol–water partition coefficient (Wildman–Crippen LogP) is 0.856. The molecule has 14 heavy (non-hydrogen) atoms. The zero-order valence-electron chi connectivity index (χ0n) is 8.06. The number of anilines is 1.